The third-order valence-electron chi connectivity index (χ3n) is 9.11. The lowest BCUT2D eigenvalue weighted by Gasteiger charge is -2.29. The van der Waals surface area contributed by atoms with Crippen molar-refractivity contribution in [1.82, 2.24) is 47.4 Å². The number of thiol groups is 2. The van der Waals surface area contributed by atoms with Crippen molar-refractivity contribution < 1.29 is 68.1 Å². The molecule has 1 aliphatic heterocycles. The van der Waals surface area contributed by atoms with Crippen LogP contribution in [0.1, 0.15) is 52.9 Å². The van der Waals surface area contributed by atoms with E-state index in [1.54, 1.807) is 0 Å². The lowest BCUT2D eigenvalue weighted by Crippen LogP contribution is -2.60. The van der Waals surface area contributed by atoms with E-state index < -0.39 is 145 Å². The number of hydrogen-bond acceptors (Lipinski definition) is 16. The number of likely N-dealkylation sites (tertiary alicyclic amines) is 1. The Hall–Kier alpha value is -5.94. The van der Waals surface area contributed by atoms with Gasteiger partial charge in [0.05, 0.1) is 32.7 Å². The van der Waals surface area contributed by atoms with Crippen molar-refractivity contribution >= 4 is 96.3 Å². The minimum atomic E-state index is -1.87. The molecule has 0 saturated carbocycles. The SMILES string of the molecule is C[C@H](NC(=O)[C@H](CS)NC(=O)[C@@H]1CCCN1C(=O)[C@H](CO)NC(=O)[C@H](CC(=O)O)NC(=O)CNC(=O)[C@H](CCCN=C(N)N)NC(=O)CNC(=O)[C@@H](NC(=O)CN)C(C)(C)S)C(=O)O. The first kappa shape index (κ1) is 56.1. The highest BCUT2D eigenvalue weighted by Crippen LogP contribution is 2.20. The molecule has 1 heterocycles. The van der Waals surface area contributed by atoms with E-state index in [4.69, 9.17) is 22.3 Å². The molecule has 0 aromatic rings. The molecule has 64 heavy (non-hydrogen) atoms. The largest absolute Gasteiger partial charge is 0.481 e. The van der Waals surface area contributed by atoms with Gasteiger partial charge < -0.3 is 80.0 Å². The number of carboxylic acid groups (broad SMARTS) is 2. The third kappa shape index (κ3) is 19.6. The molecule has 0 aromatic heterocycles. The van der Waals surface area contributed by atoms with Gasteiger partial charge >= 0.3 is 11.9 Å². The van der Waals surface area contributed by atoms with Gasteiger partial charge in [-0.1, -0.05) is 0 Å². The number of nitrogens with two attached hydrogens (primary N) is 3. The number of rotatable bonds is 27. The molecule has 29 heteroatoms. The number of carbonyl (C=O) groups is 11. The van der Waals surface area contributed by atoms with Gasteiger partial charge in [0.1, 0.15) is 42.3 Å². The predicted octanol–water partition coefficient (Wildman–Crippen LogP) is -7.66. The van der Waals surface area contributed by atoms with E-state index in [0.29, 0.717) is 0 Å². The molecule has 9 amide bonds. The average molecular weight is 950 g/mol. The number of carboxylic acids is 2. The molecule has 360 valence electrons. The first-order valence-electron chi connectivity index (χ1n) is 19.7. The Balaban J connectivity index is 3.03. The summed E-state index contributed by atoms with van der Waals surface area (Å²) in [5, 5.41) is 46.9. The first-order chi connectivity index (χ1) is 29.9. The van der Waals surface area contributed by atoms with Gasteiger partial charge in [0.25, 0.3) is 0 Å². The monoisotopic (exact) mass is 949 g/mol. The molecule has 17 N–H and O–H groups in total. The summed E-state index contributed by atoms with van der Waals surface area (Å²) in [6, 6.07) is -9.97. The number of aliphatic carboxylic acids is 2. The molecule has 1 fully saturated rings. The summed E-state index contributed by atoms with van der Waals surface area (Å²) < 4.78 is -1.09. The molecule has 0 unspecified atom stereocenters. The molecular weight excluding hydrogens is 891 g/mol. The molecule has 7 atom stereocenters. The molecule has 0 aliphatic carbocycles. The fourth-order valence-corrected chi connectivity index (χ4v) is 6.23. The maximum absolute atomic E-state index is 13.5. The molecule has 0 bridgehead atoms. The van der Waals surface area contributed by atoms with E-state index in [9.17, 15) is 63.0 Å². The average Bonchev–Trinajstić information content (AvgIpc) is 3.72. The van der Waals surface area contributed by atoms with E-state index in [2.05, 4.69) is 72.8 Å². The topological polar surface area (TPSA) is 438 Å². The van der Waals surface area contributed by atoms with Gasteiger partial charge in [-0.05, 0) is 46.5 Å². The first-order valence-corrected chi connectivity index (χ1v) is 20.7. The van der Waals surface area contributed by atoms with Crippen molar-refractivity contribution in [2.75, 3.05) is 45.1 Å². The van der Waals surface area contributed by atoms with E-state index in [1.807, 2.05) is 0 Å². The van der Waals surface area contributed by atoms with Gasteiger partial charge in [0.15, 0.2) is 5.96 Å². The second-order valence-corrected chi connectivity index (χ2v) is 16.3. The van der Waals surface area contributed by atoms with Crippen LogP contribution in [0, 0.1) is 0 Å². The van der Waals surface area contributed by atoms with Crippen molar-refractivity contribution in [3.05, 3.63) is 0 Å². The number of amides is 9. The number of aliphatic hydroxyl groups excluding tert-OH is 1. The molecular formula is C35H59N13O14S2. The van der Waals surface area contributed by atoms with Crippen molar-refractivity contribution in [3.63, 3.8) is 0 Å². The van der Waals surface area contributed by atoms with Gasteiger partial charge in [-0.15, -0.1) is 0 Å². The summed E-state index contributed by atoms with van der Waals surface area (Å²) >= 11 is 8.35. The quantitative estimate of drug-likeness (QED) is 0.0157. The van der Waals surface area contributed by atoms with Crippen molar-refractivity contribution in [1.29, 1.82) is 0 Å². The van der Waals surface area contributed by atoms with E-state index in [-0.39, 0.29) is 50.5 Å². The third-order valence-corrected chi connectivity index (χ3v) is 9.74. The maximum atomic E-state index is 13.5. The van der Waals surface area contributed by atoms with E-state index in [0.717, 1.165) is 4.90 Å². The molecule has 27 nitrogen and oxygen atoms in total. The molecule has 1 saturated heterocycles. The van der Waals surface area contributed by atoms with Crippen LogP contribution in [0.3, 0.4) is 0 Å². The number of guanidine groups is 1. The van der Waals surface area contributed by atoms with Crippen LogP contribution in [-0.4, -0.2) is 183 Å². The van der Waals surface area contributed by atoms with E-state index >= 15 is 0 Å². The van der Waals surface area contributed by atoms with Crippen LogP contribution in [0.5, 0.6) is 0 Å². The van der Waals surface area contributed by atoms with E-state index in [1.165, 1.54) is 20.8 Å². The zero-order valence-corrected chi connectivity index (χ0v) is 37.2. The summed E-state index contributed by atoms with van der Waals surface area (Å²) in [6.45, 7) is 1.27. The van der Waals surface area contributed by atoms with Crippen LogP contribution in [0.2, 0.25) is 0 Å². The normalized spacial score (nSPS) is 16.2. The van der Waals surface area contributed by atoms with Crippen LogP contribution >= 0.6 is 25.3 Å². The Kier molecular flexibility index (Phi) is 23.9. The number of nitrogens with zero attached hydrogens (tertiary/aromatic N) is 2. The standard InChI is InChI=1S/C35H59N13O14S2/c1-16(33(61)62)42-29(57)20(15-63)46-30(58)21-7-5-9-48(21)32(60)19(14-49)45-28(56)18(10-25(53)54)44-24(52)12-40-27(55)17(6-4-8-39-34(37)38)43-23(51)13-41-31(59)26(35(2,3)64)47-22(50)11-36/h16-21,26,49,63-64H,4-15,36H2,1-3H3,(H,40,55)(H,41,59)(H,42,57)(H,43,51)(H,44,52)(H,45,56)(H,46,58)(H,47,50)(H,53,54)(H,61,62)(H4,37,38,39)/t16-,17-,18-,19-,20-,21-,26+/m0/s1. The van der Waals surface area contributed by atoms with Gasteiger partial charge in [0, 0.05) is 23.6 Å². The minimum absolute atomic E-state index is 0.0263. The van der Waals surface area contributed by atoms with Gasteiger partial charge in [-0.2, -0.15) is 25.3 Å². The molecule has 1 rings (SSSR count). The van der Waals surface area contributed by atoms with Crippen molar-refractivity contribution in [2.24, 2.45) is 22.2 Å². The molecule has 0 aromatic carbocycles. The lowest BCUT2D eigenvalue weighted by molar-refractivity contribution is -0.144. The predicted molar refractivity (Wildman–Crippen MR) is 231 cm³/mol. The Labute approximate surface area is 378 Å². The van der Waals surface area contributed by atoms with Gasteiger partial charge in [0.2, 0.25) is 53.2 Å². The number of aliphatic imine (C=N–C) groups is 1. The zero-order valence-electron chi connectivity index (χ0n) is 35.4. The highest BCUT2D eigenvalue weighted by Gasteiger charge is 2.40. The Morgan fingerprint density at radius 3 is 1.88 bits per heavy atom. The fourth-order valence-electron chi connectivity index (χ4n) is 5.79. The molecule has 1 aliphatic rings. The van der Waals surface area contributed by atoms with Crippen LogP contribution < -0.4 is 59.7 Å². The number of carbonyl (C=O) groups excluding carboxylic acids is 9. The number of aliphatic hydroxyl groups is 1. The van der Waals surface area contributed by atoms with Crippen LogP contribution in [0.4, 0.5) is 0 Å². The van der Waals surface area contributed by atoms with Gasteiger partial charge in [-0.3, -0.25) is 57.7 Å². The number of hydrogen-bond donors (Lipinski definition) is 16. The summed E-state index contributed by atoms with van der Waals surface area (Å²) in [5.74, 6) is -11.6. The summed E-state index contributed by atoms with van der Waals surface area (Å²) in [4.78, 5) is 144. The Morgan fingerprint density at radius 2 is 1.36 bits per heavy atom. The van der Waals surface area contributed by atoms with Crippen molar-refractivity contribution in [2.45, 2.75) is 99.9 Å². The van der Waals surface area contributed by atoms with Gasteiger partial charge in [-0.25, -0.2) is 0 Å². The fraction of sp³-hybridized carbons (Fsp3) is 0.657. The van der Waals surface area contributed by atoms with Crippen LogP contribution in [0.25, 0.3) is 0 Å². The molecule has 0 spiro atoms. The second kappa shape index (κ2) is 27.3. The maximum Gasteiger partial charge on any atom is 0.325 e. The highest BCUT2D eigenvalue weighted by molar-refractivity contribution is 7.81. The zero-order chi connectivity index (χ0) is 48.9. The summed E-state index contributed by atoms with van der Waals surface area (Å²) in [7, 11) is 0. The number of nitrogens with one attached hydrogen (secondary N) is 8. The highest BCUT2D eigenvalue weighted by atomic mass is 32.1. The molecule has 0 radical (unpaired) electrons. The smallest absolute Gasteiger partial charge is 0.325 e. The Morgan fingerprint density at radius 1 is 0.781 bits per heavy atom. The summed E-state index contributed by atoms with van der Waals surface area (Å²) in [5.41, 5.74) is 16.0. The van der Waals surface area contributed by atoms with Crippen LogP contribution in [0.15, 0.2) is 4.99 Å². The van der Waals surface area contributed by atoms with Crippen LogP contribution in [-0.2, 0) is 52.7 Å². The van der Waals surface area contributed by atoms with Crippen molar-refractivity contribution in [3.8, 4) is 0 Å². The minimum Gasteiger partial charge on any atom is -0.481 e. The Bertz CT molecular complexity index is 1760. The summed E-state index contributed by atoms with van der Waals surface area (Å²) in [6.07, 6.45) is -0.610. The second-order valence-electron chi connectivity index (χ2n) is 14.8. The lowest BCUT2D eigenvalue weighted by atomic mass is 10.0.